The lowest BCUT2D eigenvalue weighted by Gasteiger charge is -2.33. The third kappa shape index (κ3) is 3.76. The van der Waals surface area contributed by atoms with Crippen LogP contribution in [0.5, 0.6) is 0 Å². The van der Waals surface area contributed by atoms with Gasteiger partial charge in [0, 0.05) is 62.4 Å². The molecule has 1 fully saturated rings. The maximum Gasteiger partial charge on any atom is 0.223 e. The van der Waals surface area contributed by atoms with Crippen molar-refractivity contribution >= 4 is 5.91 Å². The third-order valence-corrected chi connectivity index (χ3v) is 5.83. The second-order valence-electron chi connectivity index (χ2n) is 7.84. The van der Waals surface area contributed by atoms with Crippen molar-refractivity contribution in [2.45, 2.75) is 51.0 Å². The summed E-state index contributed by atoms with van der Waals surface area (Å²) in [4.78, 5) is 26.5. The summed E-state index contributed by atoms with van der Waals surface area (Å²) < 4.78 is 0. The van der Waals surface area contributed by atoms with Gasteiger partial charge in [0.15, 0.2) is 0 Å². The lowest BCUT2D eigenvalue weighted by atomic mass is 9.95. The van der Waals surface area contributed by atoms with E-state index >= 15 is 0 Å². The number of hydrogen-bond acceptors (Lipinski definition) is 4. The summed E-state index contributed by atoms with van der Waals surface area (Å²) in [6.07, 6.45) is 12.5. The van der Waals surface area contributed by atoms with Gasteiger partial charge >= 0.3 is 0 Å². The van der Waals surface area contributed by atoms with Gasteiger partial charge in [0.05, 0.1) is 0 Å². The van der Waals surface area contributed by atoms with Crippen LogP contribution in [0, 0.1) is 5.92 Å². The summed E-state index contributed by atoms with van der Waals surface area (Å²) in [5, 5.41) is 0. The van der Waals surface area contributed by atoms with E-state index in [4.69, 9.17) is 4.98 Å². The average molecular weight is 340 g/mol. The van der Waals surface area contributed by atoms with Crippen molar-refractivity contribution in [2.24, 2.45) is 5.92 Å². The Hall–Kier alpha value is -1.75. The van der Waals surface area contributed by atoms with Crippen molar-refractivity contribution in [3.05, 3.63) is 35.4 Å². The maximum atomic E-state index is 12.6. The standard InChI is InChI=1S/C20H28N4O/c1-23-10-8-18-17(13-23)12-21-20(22-18)16-7-4-9-24(14-16)19(25)11-15-5-2-3-6-15/h2,5,12,15-16H,3-4,6-11,13-14H2,1H3/t15-,16+/m1/s1. The SMILES string of the molecule is CN1CCc2nc([C@H]3CCCN(C(=O)C[C@@H]4C=CCC4)C3)ncc2C1. The summed E-state index contributed by atoms with van der Waals surface area (Å²) in [5.74, 6) is 1.99. The molecular formula is C20H28N4O. The number of likely N-dealkylation sites (tertiary alicyclic amines) is 1. The number of amides is 1. The molecule has 0 aromatic carbocycles. The zero-order valence-corrected chi connectivity index (χ0v) is 15.2. The minimum absolute atomic E-state index is 0.293. The van der Waals surface area contributed by atoms with Gasteiger partial charge in [-0.25, -0.2) is 9.97 Å². The van der Waals surface area contributed by atoms with E-state index in [-0.39, 0.29) is 0 Å². The van der Waals surface area contributed by atoms with E-state index in [0.717, 1.165) is 64.1 Å². The van der Waals surface area contributed by atoms with E-state index in [1.807, 2.05) is 6.20 Å². The lowest BCUT2D eigenvalue weighted by molar-refractivity contribution is -0.133. The Morgan fingerprint density at radius 2 is 2.24 bits per heavy atom. The highest BCUT2D eigenvalue weighted by Gasteiger charge is 2.28. The van der Waals surface area contributed by atoms with Gasteiger partial charge in [-0.1, -0.05) is 12.2 Å². The first-order chi connectivity index (χ1) is 12.2. The van der Waals surface area contributed by atoms with Crippen molar-refractivity contribution in [3.63, 3.8) is 0 Å². The Bertz CT molecular complexity index is 672. The predicted octanol–water partition coefficient (Wildman–Crippen LogP) is 2.53. The molecule has 0 bridgehead atoms. The van der Waals surface area contributed by atoms with E-state index in [2.05, 4.69) is 34.0 Å². The number of likely N-dealkylation sites (N-methyl/N-ethyl adjacent to an activating group) is 1. The molecule has 0 N–H and O–H groups in total. The van der Waals surface area contributed by atoms with Gasteiger partial charge in [-0.3, -0.25) is 4.79 Å². The van der Waals surface area contributed by atoms with Gasteiger partial charge in [0.2, 0.25) is 5.91 Å². The molecule has 25 heavy (non-hydrogen) atoms. The quantitative estimate of drug-likeness (QED) is 0.794. The van der Waals surface area contributed by atoms with Crippen molar-refractivity contribution in [1.29, 1.82) is 0 Å². The number of carbonyl (C=O) groups is 1. The first-order valence-corrected chi connectivity index (χ1v) is 9.66. The molecule has 4 rings (SSSR count). The lowest BCUT2D eigenvalue weighted by Crippen LogP contribution is -2.40. The van der Waals surface area contributed by atoms with E-state index in [1.165, 1.54) is 11.3 Å². The van der Waals surface area contributed by atoms with Crippen molar-refractivity contribution in [1.82, 2.24) is 19.8 Å². The van der Waals surface area contributed by atoms with E-state index in [1.54, 1.807) is 0 Å². The molecule has 1 saturated heterocycles. The van der Waals surface area contributed by atoms with Crippen LogP contribution in [-0.4, -0.2) is 52.4 Å². The highest BCUT2D eigenvalue weighted by molar-refractivity contribution is 5.77. The molecule has 0 spiro atoms. The first kappa shape index (κ1) is 16.7. The molecule has 2 atom stereocenters. The zero-order valence-electron chi connectivity index (χ0n) is 15.2. The Kier molecular flexibility index (Phi) is 4.84. The molecule has 0 radical (unpaired) electrons. The Balaban J connectivity index is 1.42. The number of nitrogens with zero attached hydrogens (tertiary/aromatic N) is 4. The number of piperidine rings is 1. The summed E-state index contributed by atoms with van der Waals surface area (Å²) in [6.45, 7) is 3.68. The minimum Gasteiger partial charge on any atom is -0.342 e. The van der Waals surface area contributed by atoms with Crippen LogP contribution in [0.15, 0.2) is 18.3 Å². The second kappa shape index (κ2) is 7.24. The molecule has 1 amide bonds. The predicted molar refractivity (Wildman–Crippen MR) is 97.1 cm³/mol. The fraction of sp³-hybridized carbons (Fsp3) is 0.650. The van der Waals surface area contributed by atoms with Crippen LogP contribution in [-0.2, 0) is 17.8 Å². The van der Waals surface area contributed by atoms with Crippen LogP contribution in [0.25, 0.3) is 0 Å². The van der Waals surface area contributed by atoms with E-state index in [9.17, 15) is 4.79 Å². The normalized spacial score (nSPS) is 26.7. The third-order valence-electron chi connectivity index (χ3n) is 5.83. The van der Waals surface area contributed by atoms with Crippen molar-refractivity contribution in [3.8, 4) is 0 Å². The van der Waals surface area contributed by atoms with Gasteiger partial charge < -0.3 is 9.80 Å². The molecule has 134 valence electrons. The zero-order chi connectivity index (χ0) is 17.2. The van der Waals surface area contributed by atoms with E-state index in [0.29, 0.717) is 24.2 Å². The van der Waals surface area contributed by atoms with E-state index < -0.39 is 0 Å². The molecule has 1 aliphatic carbocycles. The summed E-state index contributed by atoms with van der Waals surface area (Å²) in [7, 11) is 2.14. The molecule has 2 aliphatic heterocycles. The van der Waals surface area contributed by atoms with Gasteiger partial charge in [-0.05, 0) is 38.6 Å². The Morgan fingerprint density at radius 3 is 3.08 bits per heavy atom. The molecule has 1 aromatic rings. The average Bonchev–Trinajstić information content (AvgIpc) is 3.14. The number of fused-ring (bicyclic) bond motifs is 1. The smallest absolute Gasteiger partial charge is 0.223 e. The molecule has 1 aromatic heterocycles. The Labute approximate surface area is 150 Å². The molecule has 5 nitrogen and oxygen atoms in total. The van der Waals surface area contributed by atoms with Gasteiger partial charge in [-0.2, -0.15) is 0 Å². The van der Waals surface area contributed by atoms with Crippen LogP contribution < -0.4 is 0 Å². The van der Waals surface area contributed by atoms with Gasteiger partial charge in [0.1, 0.15) is 5.82 Å². The largest absolute Gasteiger partial charge is 0.342 e. The van der Waals surface area contributed by atoms with Crippen molar-refractivity contribution in [2.75, 3.05) is 26.7 Å². The first-order valence-electron chi connectivity index (χ1n) is 9.66. The number of hydrogen-bond donors (Lipinski definition) is 0. The number of aromatic nitrogens is 2. The van der Waals surface area contributed by atoms with Crippen LogP contribution >= 0.6 is 0 Å². The minimum atomic E-state index is 0.293. The number of carbonyl (C=O) groups excluding carboxylic acids is 1. The molecule has 0 saturated carbocycles. The van der Waals surface area contributed by atoms with Gasteiger partial charge in [0.25, 0.3) is 0 Å². The summed E-state index contributed by atoms with van der Waals surface area (Å²) in [6, 6.07) is 0. The topological polar surface area (TPSA) is 49.3 Å². The number of allylic oxidation sites excluding steroid dienone is 2. The van der Waals surface area contributed by atoms with Crippen LogP contribution in [0.4, 0.5) is 0 Å². The molecular weight excluding hydrogens is 312 g/mol. The maximum absolute atomic E-state index is 12.6. The highest BCUT2D eigenvalue weighted by atomic mass is 16.2. The Morgan fingerprint density at radius 1 is 1.32 bits per heavy atom. The molecule has 3 heterocycles. The van der Waals surface area contributed by atoms with Gasteiger partial charge in [-0.15, -0.1) is 0 Å². The second-order valence-corrected chi connectivity index (χ2v) is 7.84. The van der Waals surface area contributed by atoms with Crippen LogP contribution in [0.3, 0.4) is 0 Å². The van der Waals surface area contributed by atoms with Crippen LogP contribution in [0.2, 0.25) is 0 Å². The molecule has 0 unspecified atom stereocenters. The van der Waals surface area contributed by atoms with Crippen LogP contribution in [0.1, 0.15) is 55.1 Å². The summed E-state index contributed by atoms with van der Waals surface area (Å²) in [5.41, 5.74) is 2.47. The summed E-state index contributed by atoms with van der Waals surface area (Å²) >= 11 is 0. The highest BCUT2D eigenvalue weighted by Crippen LogP contribution is 2.28. The fourth-order valence-electron chi connectivity index (χ4n) is 4.30. The molecule has 3 aliphatic rings. The number of rotatable bonds is 3. The van der Waals surface area contributed by atoms with Crippen molar-refractivity contribution < 1.29 is 4.79 Å². The molecule has 5 heteroatoms. The monoisotopic (exact) mass is 340 g/mol. The fourth-order valence-corrected chi connectivity index (χ4v) is 4.30.